The quantitative estimate of drug-likeness (QED) is 0.144. The Labute approximate surface area is 397 Å². The average Bonchev–Trinajstić information content (AvgIpc) is 3.81. The zero-order valence-electron chi connectivity index (χ0n) is 37.4. The smallest absolute Gasteiger partial charge is 0.164 e. The van der Waals surface area contributed by atoms with E-state index in [1.807, 2.05) is 0 Å². The van der Waals surface area contributed by atoms with E-state index in [0.29, 0.717) is 0 Å². The van der Waals surface area contributed by atoms with Crippen molar-refractivity contribution in [1.29, 1.82) is 0 Å². The van der Waals surface area contributed by atoms with Crippen LogP contribution in [0.15, 0.2) is 259 Å². The first-order valence-corrected chi connectivity index (χ1v) is 23.4. The van der Waals surface area contributed by atoms with Crippen molar-refractivity contribution in [2.75, 3.05) is 4.90 Å². The molecule has 5 heteroatoms. The zero-order chi connectivity index (χ0) is 45.2. The standard InChI is InChI=1S/C63H47N4O/c1-5-16-43(17-6-1)44-28-30-45(31-29-44)46-36-38-52(39-37-46)67(51-22-11-4-12-23-51)53-40-41-57-59(42-53)68-58-27-15-26-55(60(57)58)48-32-34-50(35-33-48)62-64-61(49-20-9-3-10-21-49)65-63(66-62)56-25-14-13-24-54(56)47-18-7-2-8-19-47/h1-42,61-64,66H/q-1/p+1. The van der Waals surface area contributed by atoms with Gasteiger partial charge in [-0.25, -0.2) is 0 Å². The van der Waals surface area contributed by atoms with Gasteiger partial charge < -0.3 is 20.0 Å². The molecule has 1 fully saturated rings. The molecule has 0 saturated carbocycles. The summed E-state index contributed by atoms with van der Waals surface area (Å²) in [6.07, 6.45) is -0.310. The molecule has 0 spiro atoms. The normalized spacial score (nSPS) is 15.9. The van der Waals surface area contributed by atoms with E-state index in [0.717, 1.165) is 50.1 Å². The van der Waals surface area contributed by atoms with Crippen molar-refractivity contribution in [3.05, 3.63) is 277 Å². The van der Waals surface area contributed by atoms with Crippen molar-refractivity contribution in [3.8, 4) is 44.5 Å². The Morgan fingerprint density at radius 1 is 0.397 bits per heavy atom. The second-order valence-corrected chi connectivity index (χ2v) is 17.4. The second kappa shape index (κ2) is 18.2. The summed E-state index contributed by atoms with van der Waals surface area (Å²) in [7, 11) is 0. The van der Waals surface area contributed by atoms with Crippen LogP contribution in [-0.4, -0.2) is 0 Å². The van der Waals surface area contributed by atoms with Crippen molar-refractivity contribution in [2.45, 2.75) is 18.5 Å². The molecule has 3 N–H and O–H groups in total. The molecule has 12 rings (SSSR count). The van der Waals surface area contributed by atoms with Crippen LogP contribution in [0.25, 0.3) is 71.8 Å². The fraction of sp³-hybridized carbons (Fsp3) is 0.0476. The Bertz CT molecular complexity index is 3470. The Morgan fingerprint density at radius 2 is 0.912 bits per heavy atom. The van der Waals surface area contributed by atoms with E-state index in [1.165, 1.54) is 50.1 Å². The van der Waals surface area contributed by atoms with Gasteiger partial charge in [0.1, 0.15) is 11.2 Å². The van der Waals surface area contributed by atoms with Gasteiger partial charge in [-0.05, 0) is 104 Å². The summed E-state index contributed by atoms with van der Waals surface area (Å²) in [6.45, 7) is 0. The first-order chi connectivity index (χ1) is 33.7. The summed E-state index contributed by atoms with van der Waals surface area (Å²) < 4.78 is 6.71. The molecule has 0 amide bonds. The molecule has 0 radical (unpaired) electrons. The SMILES string of the molecule is c1ccc(-c2ccc(-c3ccc(N(c4ccccc4)c4ccc5c(c4)oc4cccc(-c6ccc(C7NC(c8ccccc8-c8ccccc8)[N-]C(c8ccccc8)[NH2+]7)cc6)c45)cc3)cc2)cc1. The van der Waals surface area contributed by atoms with Gasteiger partial charge >= 0.3 is 0 Å². The van der Waals surface area contributed by atoms with Crippen molar-refractivity contribution < 1.29 is 9.73 Å². The summed E-state index contributed by atoms with van der Waals surface area (Å²) in [5, 5.41) is 13.9. The zero-order valence-corrected chi connectivity index (χ0v) is 37.4. The van der Waals surface area contributed by atoms with Crippen LogP contribution in [0.3, 0.4) is 0 Å². The van der Waals surface area contributed by atoms with Gasteiger partial charge in [0, 0.05) is 45.6 Å². The van der Waals surface area contributed by atoms with Gasteiger partial charge in [0.25, 0.3) is 0 Å². The van der Waals surface area contributed by atoms with Crippen molar-refractivity contribution in [3.63, 3.8) is 0 Å². The fourth-order valence-corrected chi connectivity index (χ4v) is 9.88. The third-order valence-electron chi connectivity index (χ3n) is 13.3. The lowest BCUT2D eigenvalue weighted by atomic mass is 9.95. The van der Waals surface area contributed by atoms with Gasteiger partial charge in [0.15, 0.2) is 6.17 Å². The van der Waals surface area contributed by atoms with Crippen LogP contribution in [-0.2, 0) is 0 Å². The van der Waals surface area contributed by atoms with E-state index in [9.17, 15) is 0 Å². The minimum atomic E-state index is -0.206. The molecule has 68 heavy (non-hydrogen) atoms. The van der Waals surface area contributed by atoms with Crippen LogP contribution in [0.4, 0.5) is 17.1 Å². The molecule has 3 unspecified atom stereocenters. The predicted molar refractivity (Wildman–Crippen MR) is 280 cm³/mol. The van der Waals surface area contributed by atoms with Crippen LogP contribution in [0.5, 0.6) is 0 Å². The third-order valence-corrected chi connectivity index (χ3v) is 13.3. The van der Waals surface area contributed by atoms with E-state index in [4.69, 9.17) is 9.73 Å². The Kier molecular flexibility index (Phi) is 11.0. The van der Waals surface area contributed by atoms with E-state index in [-0.39, 0.29) is 18.5 Å². The van der Waals surface area contributed by atoms with Crippen LogP contribution in [0.2, 0.25) is 0 Å². The number of furan rings is 1. The molecule has 3 atom stereocenters. The number of para-hydroxylation sites is 1. The summed E-state index contributed by atoms with van der Waals surface area (Å²) >= 11 is 0. The number of hydrogen-bond acceptors (Lipinski definition) is 3. The molecular weight excluding hydrogens is 829 g/mol. The number of anilines is 3. The maximum absolute atomic E-state index is 6.71. The lowest BCUT2D eigenvalue weighted by Crippen LogP contribution is -2.91. The minimum absolute atomic E-state index is 0.0280. The number of benzene rings is 10. The molecular formula is C63H48N4O. The molecule has 2 heterocycles. The molecule has 1 aliphatic rings. The van der Waals surface area contributed by atoms with Gasteiger partial charge in [0.05, 0.1) is 0 Å². The van der Waals surface area contributed by atoms with Gasteiger partial charge in [-0.2, -0.15) is 0 Å². The lowest BCUT2D eigenvalue weighted by molar-refractivity contribution is -0.740. The van der Waals surface area contributed by atoms with Gasteiger partial charge in [-0.15, -0.1) is 0 Å². The number of nitrogens with two attached hydrogens (primary N) is 1. The molecule has 0 bridgehead atoms. The van der Waals surface area contributed by atoms with E-state index >= 15 is 0 Å². The van der Waals surface area contributed by atoms with Crippen molar-refractivity contribution in [2.24, 2.45) is 0 Å². The highest BCUT2D eigenvalue weighted by Crippen LogP contribution is 2.43. The fourth-order valence-electron chi connectivity index (χ4n) is 9.88. The second-order valence-electron chi connectivity index (χ2n) is 17.4. The highest BCUT2D eigenvalue weighted by atomic mass is 16.3. The van der Waals surface area contributed by atoms with Crippen LogP contribution >= 0.6 is 0 Å². The third kappa shape index (κ3) is 8.05. The number of nitrogens with one attached hydrogen (secondary N) is 1. The summed E-state index contributed by atoms with van der Waals surface area (Å²) in [4.78, 5) is 2.30. The molecule has 1 aromatic heterocycles. The molecule has 0 aliphatic carbocycles. The number of nitrogens with zero attached hydrogens (tertiary/aromatic N) is 2. The summed E-state index contributed by atoms with van der Waals surface area (Å²) in [5.41, 5.74) is 17.8. The van der Waals surface area contributed by atoms with Crippen molar-refractivity contribution >= 4 is 39.0 Å². The van der Waals surface area contributed by atoms with Gasteiger partial charge in [0.2, 0.25) is 0 Å². The van der Waals surface area contributed by atoms with E-state index < -0.39 is 0 Å². The predicted octanol–water partition coefficient (Wildman–Crippen LogP) is 15.7. The molecule has 10 aromatic carbocycles. The number of rotatable bonds is 10. The highest BCUT2D eigenvalue weighted by Gasteiger charge is 2.27. The topological polar surface area (TPSA) is 59.1 Å². The molecule has 11 aromatic rings. The first kappa shape index (κ1) is 41.1. The highest BCUT2D eigenvalue weighted by molar-refractivity contribution is 6.13. The molecule has 5 nitrogen and oxygen atoms in total. The monoisotopic (exact) mass is 876 g/mol. The van der Waals surface area contributed by atoms with E-state index in [1.54, 1.807) is 0 Å². The van der Waals surface area contributed by atoms with E-state index in [2.05, 4.69) is 270 Å². The molecule has 326 valence electrons. The number of quaternary nitrogens is 1. The van der Waals surface area contributed by atoms with Crippen molar-refractivity contribution in [1.82, 2.24) is 5.32 Å². The number of hydrogen-bond donors (Lipinski definition) is 2. The van der Waals surface area contributed by atoms with Gasteiger partial charge in [-0.1, -0.05) is 206 Å². The van der Waals surface area contributed by atoms with Crippen LogP contribution < -0.4 is 15.5 Å². The average molecular weight is 877 g/mol. The van der Waals surface area contributed by atoms with Gasteiger partial charge in [-0.3, -0.25) is 5.32 Å². The van der Waals surface area contributed by atoms with Crippen LogP contribution in [0.1, 0.15) is 35.2 Å². The first-order valence-electron chi connectivity index (χ1n) is 23.4. The maximum atomic E-state index is 6.71. The Balaban J connectivity index is 0.849. The minimum Gasteiger partial charge on any atom is -0.586 e. The largest absolute Gasteiger partial charge is 0.586 e. The maximum Gasteiger partial charge on any atom is 0.164 e. The Morgan fingerprint density at radius 3 is 1.60 bits per heavy atom. The molecule has 1 saturated heterocycles. The number of fused-ring (bicyclic) bond motifs is 3. The van der Waals surface area contributed by atoms with Crippen LogP contribution in [0, 0.1) is 0 Å². The Hall–Kier alpha value is -8.32. The summed E-state index contributed by atoms with van der Waals surface area (Å²) in [5.74, 6) is 0. The lowest BCUT2D eigenvalue weighted by Gasteiger charge is -2.47. The molecule has 1 aliphatic heterocycles. The summed E-state index contributed by atoms with van der Waals surface area (Å²) in [6, 6.07) is 90.6.